The number of sulfonamides is 1. The molecule has 0 aliphatic carbocycles. The Labute approximate surface area is 265 Å². The Kier molecular flexibility index (Phi) is 11.5. The zero-order chi connectivity index (χ0) is 32.4. The molecule has 4 aromatic rings. The van der Waals surface area contributed by atoms with Crippen molar-refractivity contribution in [3.8, 4) is 0 Å². The van der Waals surface area contributed by atoms with Gasteiger partial charge in [-0.25, -0.2) is 12.8 Å². The first-order chi connectivity index (χ1) is 21.6. The van der Waals surface area contributed by atoms with Crippen molar-refractivity contribution >= 4 is 27.5 Å². The summed E-state index contributed by atoms with van der Waals surface area (Å²) >= 11 is 0. The second-order valence-electron chi connectivity index (χ2n) is 11.2. The average Bonchev–Trinajstić information content (AvgIpc) is 3.05. The fourth-order valence-corrected chi connectivity index (χ4v) is 6.44. The molecule has 1 N–H and O–H groups in total. The summed E-state index contributed by atoms with van der Waals surface area (Å²) in [5, 5.41) is 2.89. The SMILES string of the molecule is CCCNC(=O)C(Cc1ccccc1)N(Cc1ccccc1F)C(=O)CN(c1ccc(C(C)C)cc1)S(=O)(=O)c1ccccc1. The summed E-state index contributed by atoms with van der Waals surface area (Å²) in [6.07, 6.45) is 0.839. The van der Waals surface area contributed by atoms with Crippen molar-refractivity contribution < 1.29 is 22.4 Å². The number of hydrogen-bond acceptors (Lipinski definition) is 4. The number of nitrogens with zero attached hydrogens (tertiary/aromatic N) is 2. The number of halogens is 1. The molecule has 4 rings (SSSR count). The Hall–Kier alpha value is -4.50. The first-order valence-electron chi connectivity index (χ1n) is 15.1. The monoisotopic (exact) mass is 629 g/mol. The van der Waals surface area contributed by atoms with Gasteiger partial charge in [0.2, 0.25) is 11.8 Å². The van der Waals surface area contributed by atoms with E-state index in [0.29, 0.717) is 18.7 Å². The molecule has 45 heavy (non-hydrogen) atoms. The molecule has 0 fully saturated rings. The predicted octanol–water partition coefficient (Wildman–Crippen LogP) is 6.31. The van der Waals surface area contributed by atoms with E-state index in [0.717, 1.165) is 15.4 Å². The Morgan fingerprint density at radius 2 is 1.42 bits per heavy atom. The Bertz CT molecular complexity index is 1660. The van der Waals surface area contributed by atoms with Crippen LogP contribution in [0.15, 0.2) is 114 Å². The number of nitrogens with one attached hydrogen (secondary N) is 1. The van der Waals surface area contributed by atoms with Crippen molar-refractivity contribution in [1.29, 1.82) is 0 Å². The van der Waals surface area contributed by atoms with Crippen LogP contribution in [0.1, 0.15) is 49.8 Å². The lowest BCUT2D eigenvalue weighted by Crippen LogP contribution is -2.53. The molecular weight excluding hydrogens is 589 g/mol. The lowest BCUT2D eigenvalue weighted by Gasteiger charge is -2.34. The highest BCUT2D eigenvalue weighted by molar-refractivity contribution is 7.92. The highest BCUT2D eigenvalue weighted by Crippen LogP contribution is 2.27. The summed E-state index contributed by atoms with van der Waals surface area (Å²) in [4.78, 5) is 29.4. The van der Waals surface area contributed by atoms with E-state index in [1.807, 2.05) is 63.2 Å². The lowest BCUT2D eigenvalue weighted by molar-refractivity contribution is -0.140. The molecule has 4 aromatic carbocycles. The van der Waals surface area contributed by atoms with E-state index >= 15 is 4.39 Å². The summed E-state index contributed by atoms with van der Waals surface area (Å²) in [6.45, 7) is 5.56. The summed E-state index contributed by atoms with van der Waals surface area (Å²) < 4.78 is 44.2. The Balaban J connectivity index is 1.80. The highest BCUT2D eigenvalue weighted by Gasteiger charge is 2.35. The molecule has 0 aromatic heterocycles. The average molecular weight is 630 g/mol. The van der Waals surface area contributed by atoms with E-state index in [-0.39, 0.29) is 29.3 Å². The van der Waals surface area contributed by atoms with Crippen LogP contribution in [0, 0.1) is 5.82 Å². The van der Waals surface area contributed by atoms with Crippen LogP contribution in [0.25, 0.3) is 0 Å². The van der Waals surface area contributed by atoms with Gasteiger partial charge in [-0.3, -0.25) is 13.9 Å². The van der Waals surface area contributed by atoms with Crippen molar-refractivity contribution in [3.05, 3.63) is 132 Å². The first-order valence-corrected chi connectivity index (χ1v) is 16.6. The highest BCUT2D eigenvalue weighted by atomic mass is 32.2. The molecule has 0 saturated heterocycles. The molecule has 0 saturated carbocycles. The third-order valence-corrected chi connectivity index (χ3v) is 9.36. The van der Waals surface area contributed by atoms with E-state index in [9.17, 15) is 18.0 Å². The van der Waals surface area contributed by atoms with E-state index < -0.39 is 40.2 Å². The molecule has 0 radical (unpaired) electrons. The second kappa shape index (κ2) is 15.5. The number of rotatable bonds is 14. The van der Waals surface area contributed by atoms with Gasteiger partial charge in [0.15, 0.2) is 0 Å². The van der Waals surface area contributed by atoms with Crippen LogP contribution in [-0.2, 0) is 32.6 Å². The van der Waals surface area contributed by atoms with Crippen LogP contribution in [-0.4, -0.2) is 44.3 Å². The van der Waals surface area contributed by atoms with E-state index in [2.05, 4.69) is 5.32 Å². The van der Waals surface area contributed by atoms with Gasteiger partial charge in [-0.1, -0.05) is 99.6 Å². The quantitative estimate of drug-likeness (QED) is 0.177. The second-order valence-corrected chi connectivity index (χ2v) is 13.0. The summed E-state index contributed by atoms with van der Waals surface area (Å²) in [5.41, 5.74) is 2.33. The maximum absolute atomic E-state index is 15.0. The topological polar surface area (TPSA) is 86.8 Å². The van der Waals surface area contributed by atoms with E-state index in [4.69, 9.17) is 0 Å². The third kappa shape index (κ3) is 8.57. The number of amides is 2. The van der Waals surface area contributed by atoms with Crippen LogP contribution >= 0.6 is 0 Å². The fourth-order valence-electron chi connectivity index (χ4n) is 5.00. The minimum absolute atomic E-state index is 0.0212. The van der Waals surface area contributed by atoms with Gasteiger partial charge in [0.25, 0.3) is 10.0 Å². The summed E-state index contributed by atoms with van der Waals surface area (Å²) in [6, 6.07) is 29.2. The molecular formula is C36H40FN3O4S. The number of carbonyl (C=O) groups is 2. The van der Waals surface area contributed by atoms with Gasteiger partial charge < -0.3 is 10.2 Å². The predicted molar refractivity (Wildman–Crippen MR) is 176 cm³/mol. The zero-order valence-corrected chi connectivity index (χ0v) is 26.7. The molecule has 0 spiro atoms. The Morgan fingerprint density at radius 1 is 0.822 bits per heavy atom. The maximum atomic E-state index is 15.0. The molecule has 7 nitrogen and oxygen atoms in total. The van der Waals surface area contributed by atoms with Crippen molar-refractivity contribution in [2.45, 2.75) is 57.0 Å². The normalized spacial score (nSPS) is 12.0. The van der Waals surface area contributed by atoms with Crippen molar-refractivity contribution in [1.82, 2.24) is 10.2 Å². The fraction of sp³-hybridized carbons (Fsp3) is 0.278. The lowest BCUT2D eigenvalue weighted by atomic mass is 10.0. The van der Waals surface area contributed by atoms with Crippen molar-refractivity contribution in [2.75, 3.05) is 17.4 Å². The Morgan fingerprint density at radius 3 is 2.02 bits per heavy atom. The first kappa shape index (κ1) is 33.4. The molecule has 0 bridgehead atoms. The smallest absolute Gasteiger partial charge is 0.264 e. The molecule has 0 heterocycles. The molecule has 0 aliphatic heterocycles. The van der Waals surface area contributed by atoms with Crippen molar-refractivity contribution in [2.24, 2.45) is 0 Å². The summed E-state index contributed by atoms with van der Waals surface area (Å²) in [7, 11) is -4.20. The number of hydrogen-bond donors (Lipinski definition) is 1. The largest absolute Gasteiger partial charge is 0.354 e. The molecule has 1 unspecified atom stereocenters. The molecule has 0 aliphatic rings. The van der Waals surface area contributed by atoms with Gasteiger partial charge >= 0.3 is 0 Å². The van der Waals surface area contributed by atoms with Gasteiger partial charge in [0.1, 0.15) is 18.4 Å². The van der Waals surface area contributed by atoms with Crippen LogP contribution in [0.5, 0.6) is 0 Å². The van der Waals surface area contributed by atoms with Crippen molar-refractivity contribution in [3.63, 3.8) is 0 Å². The van der Waals surface area contributed by atoms with Crippen LogP contribution in [0.4, 0.5) is 10.1 Å². The van der Waals surface area contributed by atoms with Gasteiger partial charge in [0, 0.05) is 25.1 Å². The van der Waals surface area contributed by atoms with E-state index in [1.54, 1.807) is 48.5 Å². The molecule has 2 amide bonds. The van der Waals surface area contributed by atoms with Gasteiger partial charge in [0.05, 0.1) is 10.6 Å². The summed E-state index contributed by atoms with van der Waals surface area (Å²) in [5.74, 6) is -1.35. The van der Waals surface area contributed by atoms with Gasteiger partial charge in [-0.2, -0.15) is 0 Å². The number of carbonyl (C=O) groups excluding carboxylic acids is 2. The van der Waals surface area contributed by atoms with Crippen LogP contribution < -0.4 is 9.62 Å². The van der Waals surface area contributed by atoms with Gasteiger partial charge in [-0.15, -0.1) is 0 Å². The maximum Gasteiger partial charge on any atom is 0.264 e. The zero-order valence-electron chi connectivity index (χ0n) is 25.9. The molecule has 236 valence electrons. The number of anilines is 1. The third-order valence-electron chi connectivity index (χ3n) is 7.58. The minimum Gasteiger partial charge on any atom is -0.354 e. The van der Waals surface area contributed by atoms with Crippen LogP contribution in [0.2, 0.25) is 0 Å². The van der Waals surface area contributed by atoms with Gasteiger partial charge in [-0.05, 0) is 53.8 Å². The standard InChI is InChI=1S/C36H40FN3O4S/c1-4-23-38-36(42)34(24-28-13-7-5-8-14-28)39(25-30-15-11-12-18-33(30)37)35(41)26-40(31-21-19-29(20-22-31)27(2)3)45(43,44)32-16-9-6-10-17-32/h5-22,27,34H,4,23-26H2,1-3H3,(H,38,42). The number of benzene rings is 4. The van der Waals surface area contributed by atoms with E-state index in [1.165, 1.54) is 23.1 Å². The molecule has 9 heteroatoms. The van der Waals surface area contributed by atoms with Crippen LogP contribution in [0.3, 0.4) is 0 Å². The molecule has 1 atom stereocenters. The minimum atomic E-state index is -4.20.